The first-order chi connectivity index (χ1) is 8.61. The van der Waals surface area contributed by atoms with Crippen LogP contribution in [0.1, 0.15) is 12.5 Å². The summed E-state index contributed by atoms with van der Waals surface area (Å²) in [4.78, 5) is 1.62. The van der Waals surface area contributed by atoms with Crippen molar-refractivity contribution >= 4 is 0 Å². The summed E-state index contributed by atoms with van der Waals surface area (Å²) in [6.07, 6.45) is -2.07. The summed E-state index contributed by atoms with van der Waals surface area (Å²) in [6, 6.07) is 7.06. The monoisotopic (exact) mass is 255 g/mol. The van der Waals surface area contributed by atoms with E-state index in [2.05, 4.69) is 0 Å². The molecule has 0 radical (unpaired) electrons. The molecule has 1 fully saturated rings. The second-order valence-electron chi connectivity index (χ2n) is 4.42. The molecule has 0 bridgehead atoms. The lowest BCUT2D eigenvalue weighted by molar-refractivity contribution is -0.140. The van der Waals surface area contributed by atoms with Crippen LogP contribution in [0.5, 0.6) is 5.75 Å². The molecule has 0 aliphatic carbocycles. The van der Waals surface area contributed by atoms with Gasteiger partial charge in [-0.05, 0) is 24.6 Å². The minimum Gasteiger partial charge on any atom is -0.497 e. The van der Waals surface area contributed by atoms with Crippen molar-refractivity contribution in [3.8, 4) is 5.75 Å². The Kier molecular flexibility index (Phi) is 4.16. The summed E-state index contributed by atoms with van der Waals surface area (Å²) >= 11 is 0. The number of rotatable bonds is 4. The average molecular weight is 255 g/mol. The third kappa shape index (κ3) is 2.80. The normalized spacial score (nSPS) is 26.2. The van der Waals surface area contributed by atoms with Gasteiger partial charge >= 0.3 is 0 Å². The molecule has 2 rings (SSSR count). The molecule has 1 saturated heterocycles. The molecular formula is C13H18FNO3. The van der Waals surface area contributed by atoms with E-state index in [1.54, 1.807) is 12.0 Å². The molecule has 0 spiro atoms. The van der Waals surface area contributed by atoms with Crippen molar-refractivity contribution in [3.63, 3.8) is 0 Å². The summed E-state index contributed by atoms with van der Waals surface area (Å²) < 4.78 is 23.5. The molecule has 100 valence electrons. The van der Waals surface area contributed by atoms with Gasteiger partial charge in [-0.15, -0.1) is 0 Å². The molecule has 18 heavy (non-hydrogen) atoms. The van der Waals surface area contributed by atoms with E-state index in [1.165, 1.54) is 6.92 Å². The number of aliphatic hydroxyl groups excluding tert-OH is 1. The third-order valence-electron chi connectivity index (χ3n) is 3.18. The van der Waals surface area contributed by atoms with Gasteiger partial charge in [0.2, 0.25) is 6.41 Å². The molecule has 4 nitrogen and oxygen atoms in total. The van der Waals surface area contributed by atoms with E-state index in [0.717, 1.165) is 11.3 Å². The molecule has 1 aromatic rings. The van der Waals surface area contributed by atoms with E-state index < -0.39 is 18.6 Å². The zero-order valence-electron chi connectivity index (χ0n) is 10.5. The fourth-order valence-electron chi connectivity index (χ4n) is 2.07. The minimum absolute atomic E-state index is 0.217. The highest BCUT2D eigenvalue weighted by Crippen LogP contribution is 2.23. The average Bonchev–Trinajstić information content (AvgIpc) is 2.72. The number of benzene rings is 1. The van der Waals surface area contributed by atoms with Gasteiger partial charge in [0.15, 0.2) is 0 Å². The van der Waals surface area contributed by atoms with Crippen LogP contribution in [0.15, 0.2) is 24.3 Å². The van der Waals surface area contributed by atoms with Crippen LogP contribution in [-0.2, 0) is 11.3 Å². The van der Waals surface area contributed by atoms with Crippen molar-refractivity contribution in [2.24, 2.45) is 0 Å². The molecule has 0 aromatic heterocycles. The molecule has 1 N–H and O–H groups in total. The zero-order valence-corrected chi connectivity index (χ0v) is 10.5. The predicted molar refractivity (Wildman–Crippen MR) is 64.9 cm³/mol. The first-order valence-electron chi connectivity index (χ1n) is 5.94. The van der Waals surface area contributed by atoms with E-state index in [1.807, 2.05) is 24.3 Å². The van der Waals surface area contributed by atoms with Crippen LogP contribution in [0.2, 0.25) is 0 Å². The maximum Gasteiger partial charge on any atom is 0.216 e. The molecule has 1 aliphatic rings. The SMILES string of the molecule is COc1ccc(CN2C(O)OC[C@@H]2[C@H](C)F)cc1. The summed E-state index contributed by atoms with van der Waals surface area (Å²) in [5, 5.41) is 9.68. The molecule has 0 amide bonds. The number of nitrogens with zero attached hydrogens (tertiary/aromatic N) is 1. The van der Waals surface area contributed by atoms with Gasteiger partial charge in [0.1, 0.15) is 11.9 Å². The van der Waals surface area contributed by atoms with Gasteiger partial charge < -0.3 is 14.6 Å². The fraction of sp³-hybridized carbons (Fsp3) is 0.538. The molecule has 1 unspecified atom stereocenters. The lowest BCUT2D eigenvalue weighted by atomic mass is 10.1. The highest BCUT2D eigenvalue weighted by molar-refractivity contribution is 5.27. The van der Waals surface area contributed by atoms with E-state index in [9.17, 15) is 9.50 Å². The van der Waals surface area contributed by atoms with Gasteiger partial charge in [0, 0.05) is 6.54 Å². The summed E-state index contributed by atoms with van der Waals surface area (Å²) in [5.74, 6) is 0.771. The Labute approximate surface area is 106 Å². The fourth-order valence-corrected chi connectivity index (χ4v) is 2.07. The first-order valence-corrected chi connectivity index (χ1v) is 5.94. The maximum absolute atomic E-state index is 13.4. The molecular weight excluding hydrogens is 237 g/mol. The highest BCUT2D eigenvalue weighted by Gasteiger charge is 2.36. The van der Waals surface area contributed by atoms with Gasteiger partial charge in [0.05, 0.1) is 19.8 Å². The second-order valence-corrected chi connectivity index (χ2v) is 4.42. The molecule has 3 atom stereocenters. The number of hydrogen-bond donors (Lipinski definition) is 1. The quantitative estimate of drug-likeness (QED) is 0.886. The van der Waals surface area contributed by atoms with Crippen LogP contribution in [0, 0.1) is 0 Å². The van der Waals surface area contributed by atoms with E-state index in [-0.39, 0.29) is 6.61 Å². The largest absolute Gasteiger partial charge is 0.497 e. The second kappa shape index (κ2) is 5.65. The molecule has 1 heterocycles. The summed E-state index contributed by atoms with van der Waals surface area (Å²) in [6.45, 7) is 2.15. The van der Waals surface area contributed by atoms with E-state index in [0.29, 0.717) is 6.54 Å². The van der Waals surface area contributed by atoms with Gasteiger partial charge in [0.25, 0.3) is 0 Å². The van der Waals surface area contributed by atoms with Crippen molar-refractivity contribution in [1.82, 2.24) is 4.90 Å². The number of alkyl halides is 1. The van der Waals surface area contributed by atoms with Gasteiger partial charge in [-0.2, -0.15) is 0 Å². The van der Waals surface area contributed by atoms with Crippen LogP contribution < -0.4 is 4.74 Å². The Morgan fingerprint density at radius 2 is 2.17 bits per heavy atom. The Morgan fingerprint density at radius 3 is 2.72 bits per heavy atom. The number of halogens is 1. The topological polar surface area (TPSA) is 41.9 Å². The van der Waals surface area contributed by atoms with Crippen molar-refractivity contribution in [3.05, 3.63) is 29.8 Å². The predicted octanol–water partition coefficient (Wildman–Crippen LogP) is 1.53. The number of hydrogen-bond acceptors (Lipinski definition) is 4. The summed E-state index contributed by atoms with van der Waals surface area (Å²) in [5.41, 5.74) is 0.978. The molecule has 5 heteroatoms. The van der Waals surface area contributed by atoms with Gasteiger partial charge in [-0.3, -0.25) is 0 Å². The van der Waals surface area contributed by atoms with Crippen molar-refractivity contribution < 1.29 is 19.0 Å². The van der Waals surface area contributed by atoms with E-state index in [4.69, 9.17) is 9.47 Å². The van der Waals surface area contributed by atoms with Crippen molar-refractivity contribution in [2.45, 2.75) is 32.1 Å². The third-order valence-corrected chi connectivity index (χ3v) is 3.18. The molecule has 1 aliphatic heterocycles. The minimum atomic E-state index is -1.04. The lowest BCUT2D eigenvalue weighted by Gasteiger charge is -2.25. The Balaban J connectivity index is 2.06. The number of ether oxygens (including phenoxy) is 2. The zero-order chi connectivity index (χ0) is 13.1. The Morgan fingerprint density at radius 1 is 1.50 bits per heavy atom. The lowest BCUT2D eigenvalue weighted by Crippen LogP contribution is -2.40. The van der Waals surface area contributed by atoms with Crippen LogP contribution in [0.3, 0.4) is 0 Å². The smallest absolute Gasteiger partial charge is 0.216 e. The van der Waals surface area contributed by atoms with Crippen LogP contribution >= 0.6 is 0 Å². The van der Waals surface area contributed by atoms with Gasteiger partial charge in [-0.1, -0.05) is 12.1 Å². The van der Waals surface area contributed by atoms with E-state index >= 15 is 0 Å². The highest BCUT2D eigenvalue weighted by atomic mass is 19.1. The standard InChI is InChI=1S/C13H18FNO3/c1-9(14)12-8-18-13(16)15(12)7-10-3-5-11(17-2)6-4-10/h3-6,9,12-13,16H,7-8H2,1-2H3/t9-,12+,13?/m0/s1. The van der Waals surface area contributed by atoms with Crippen LogP contribution in [0.4, 0.5) is 4.39 Å². The van der Waals surface area contributed by atoms with Crippen LogP contribution in [0.25, 0.3) is 0 Å². The molecule has 1 aromatic carbocycles. The number of aliphatic hydroxyl groups is 1. The van der Waals surface area contributed by atoms with Gasteiger partial charge in [-0.25, -0.2) is 9.29 Å². The van der Waals surface area contributed by atoms with Crippen LogP contribution in [-0.4, -0.2) is 42.4 Å². The molecule has 0 saturated carbocycles. The summed E-state index contributed by atoms with van der Waals surface area (Å²) in [7, 11) is 1.61. The number of methoxy groups -OCH3 is 1. The Bertz CT molecular complexity index is 382. The first kappa shape index (κ1) is 13.3. The Hall–Kier alpha value is -1.17. The van der Waals surface area contributed by atoms with Crippen molar-refractivity contribution in [1.29, 1.82) is 0 Å². The maximum atomic E-state index is 13.4. The van der Waals surface area contributed by atoms with Crippen molar-refractivity contribution in [2.75, 3.05) is 13.7 Å².